The van der Waals surface area contributed by atoms with E-state index >= 15 is 0 Å². The number of fused-ring (bicyclic) bond motifs is 2. The Bertz CT molecular complexity index is 1160. The molecule has 1 aromatic carbocycles. The number of benzene rings is 1. The molecule has 31 heavy (non-hydrogen) atoms. The number of amides is 2. The van der Waals surface area contributed by atoms with Crippen LogP contribution in [0.1, 0.15) is 50.3 Å². The first kappa shape index (κ1) is 19.5. The fourth-order valence-electron chi connectivity index (χ4n) is 4.52. The highest BCUT2D eigenvalue weighted by atomic mass is 16.2. The van der Waals surface area contributed by atoms with Crippen LogP contribution < -0.4 is 0 Å². The minimum atomic E-state index is -0.0469. The molecule has 4 heterocycles. The normalized spacial score (nSPS) is 15.5. The van der Waals surface area contributed by atoms with E-state index in [-0.39, 0.29) is 11.8 Å². The fraction of sp³-hybridized carbons (Fsp3) is 0.391. The number of hydrogen-bond acceptors (Lipinski definition) is 4. The van der Waals surface area contributed by atoms with E-state index in [4.69, 9.17) is 0 Å². The van der Waals surface area contributed by atoms with E-state index in [0.717, 1.165) is 24.4 Å². The molecule has 3 aromatic rings. The Hall–Kier alpha value is -3.42. The molecular formula is C23H26N6O2. The van der Waals surface area contributed by atoms with Crippen LogP contribution in [0, 0.1) is 6.92 Å². The first-order valence-corrected chi connectivity index (χ1v) is 10.8. The molecule has 2 aliphatic heterocycles. The van der Waals surface area contributed by atoms with Crippen LogP contribution in [0.5, 0.6) is 0 Å². The standard InChI is InChI=1S/C23H26N6O2/c1-3-28-16(2)20(13-24-28)22(30)27-10-11-29-19(15-27)12-21(25-29)23(31)26-9-8-17-6-4-5-7-18(17)14-26/h4-7,12-13H,3,8-11,14-15H2,1-2H3. The Morgan fingerprint density at radius 3 is 2.55 bits per heavy atom. The highest BCUT2D eigenvalue weighted by Crippen LogP contribution is 2.22. The molecule has 0 saturated heterocycles. The molecule has 0 N–H and O–H groups in total. The first-order chi connectivity index (χ1) is 15.0. The smallest absolute Gasteiger partial charge is 0.274 e. The summed E-state index contributed by atoms with van der Waals surface area (Å²) < 4.78 is 3.69. The number of carbonyl (C=O) groups is 2. The molecule has 5 rings (SSSR count). The molecule has 2 aromatic heterocycles. The van der Waals surface area contributed by atoms with Crippen molar-refractivity contribution in [1.29, 1.82) is 0 Å². The second-order valence-electron chi connectivity index (χ2n) is 8.18. The molecule has 2 amide bonds. The van der Waals surface area contributed by atoms with Gasteiger partial charge >= 0.3 is 0 Å². The predicted molar refractivity (Wildman–Crippen MR) is 114 cm³/mol. The maximum absolute atomic E-state index is 13.1. The Kier molecular flexibility index (Phi) is 4.84. The van der Waals surface area contributed by atoms with Gasteiger partial charge in [0.05, 0.1) is 30.5 Å². The second kappa shape index (κ2) is 7.68. The van der Waals surface area contributed by atoms with Gasteiger partial charge in [0.15, 0.2) is 5.69 Å². The summed E-state index contributed by atoms with van der Waals surface area (Å²) in [4.78, 5) is 29.8. The second-order valence-corrected chi connectivity index (χ2v) is 8.18. The predicted octanol–water partition coefficient (Wildman–Crippen LogP) is 2.26. The minimum Gasteiger partial charge on any atom is -0.333 e. The Balaban J connectivity index is 1.31. The van der Waals surface area contributed by atoms with E-state index in [9.17, 15) is 9.59 Å². The van der Waals surface area contributed by atoms with Gasteiger partial charge in [-0.2, -0.15) is 10.2 Å². The summed E-state index contributed by atoms with van der Waals surface area (Å²) in [5.41, 5.74) is 5.38. The molecule has 160 valence electrons. The van der Waals surface area contributed by atoms with Crippen molar-refractivity contribution in [2.24, 2.45) is 0 Å². The average Bonchev–Trinajstić information content (AvgIpc) is 3.40. The molecule has 0 atom stereocenters. The molecule has 8 nitrogen and oxygen atoms in total. The molecule has 0 bridgehead atoms. The van der Waals surface area contributed by atoms with E-state index in [1.165, 1.54) is 11.1 Å². The molecule has 0 aliphatic carbocycles. The largest absolute Gasteiger partial charge is 0.333 e. The zero-order valence-electron chi connectivity index (χ0n) is 17.9. The number of aromatic nitrogens is 4. The summed E-state index contributed by atoms with van der Waals surface area (Å²) in [6, 6.07) is 10.1. The van der Waals surface area contributed by atoms with Crippen LogP contribution in [-0.4, -0.2) is 54.3 Å². The number of rotatable bonds is 3. The third kappa shape index (κ3) is 3.41. The van der Waals surface area contributed by atoms with Crippen LogP contribution in [0.25, 0.3) is 0 Å². The maximum atomic E-state index is 13.1. The van der Waals surface area contributed by atoms with Crippen LogP contribution in [0.15, 0.2) is 36.5 Å². The molecule has 0 radical (unpaired) electrons. The Morgan fingerprint density at radius 1 is 1.00 bits per heavy atom. The average molecular weight is 419 g/mol. The van der Waals surface area contributed by atoms with Crippen LogP contribution in [-0.2, 0) is 32.6 Å². The van der Waals surface area contributed by atoms with Gasteiger partial charge in [0.25, 0.3) is 11.8 Å². The van der Waals surface area contributed by atoms with Crippen molar-refractivity contribution >= 4 is 11.8 Å². The van der Waals surface area contributed by atoms with E-state index in [1.54, 1.807) is 6.20 Å². The lowest BCUT2D eigenvalue weighted by molar-refractivity contribution is 0.0698. The lowest BCUT2D eigenvalue weighted by Gasteiger charge is -2.28. The topological polar surface area (TPSA) is 76.3 Å². The number of aryl methyl sites for hydroxylation is 1. The maximum Gasteiger partial charge on any atom is 0.274 e. The third-order valence-electron chi connectivity index (χ3n) is 6.36. The summed E-state index contributed by atoms with van der Waals surface area (Å²) in [5.74, 6) is -0.0699. The lowest BCUT2D eigenvalue weighted by atomic mass is 10.00. The lowest BCUT2D eigenvalue weighted by Crippen LogP contribution is -2.38. The zero-order chi connectivity index (χ0) is 21.5. The summed E-state index contributed by atoms with van der Waals surface area (Å²) in [5, 5.41) is 8.85. The molecule has 0 spiro atoms. The number of hydrogen-bond donors (Lipinski definition) is 0. The molecule has 0 fully saturated rings. The molecule has 0 saturated carbocycles. The van der Waals surface area contributed by atoms with Gasteiger partial charge in [-0.1, -0.05) is 24.3 Å². The highest BCUT2D eigenvalue weighted by Gasteiger charge is 2.29. The van der Waals surface area contributed by atoms with Gasteiger partial charge in [0.2, 0.25) is 0 Å². The van der Waals surface area contributed by atoms with Crippen LogP contribution >= 0.6 is 0 Å². The number of carbonyl (C=O) groups excluding carboxylic acids is 2. The van der Waals surface area contributed by atoms with Crippen LogP contribution in [0.4, 0.5) is 0 Å². The van der Waals surface area contributed by atoms with Crippen molar-refractivity contribution in [1.82, 2.24) is 29.4 Å². The highest BCUT2D eigenvalue weighted by molar-refractivity contribution is 5.95. The summed E-state index contributed by atoms with van der Waals surface area (Å²) in [6.07, 6.45) is 2.51. The molecule has 0 unspecified atom stereocenters. The van der Waals surface area contributed by atoms with E-state index in [0.29, 0.717) is 44.0 Å². The van der Waals surface area contributed by atoms with Crippen molar-refractivity contribution in [2.75, 3.05) is 13.1 Å². The van der Waals surface area contributed by atoms with Crippen LogP contribution in [0.3, 0.4) is 0 Å². The van der Waals surface area contributed by atoms with Gasteiger partial charge in [0, 0.05) is 31.9 Å². The number of nitrogens with zero attached hydrogens (tertiary/aromatic N) is 6. The van der Waals surface area contributed by atoms with Gasteiger partial charge in [-0.15, -0.1) is 0 Å². The van der Waals surface area contributed by atoms with E-state index in [1.807, 2.05) is 51.2 Å². The molecule has 8 heteroatoms. The first-order valence-electron chi connectivity index (χ1n) is 10.8. The van der Waals surface area contributed by atoms with Crippen molar-refractivity contribution < 1.29 is 9.59 Å². The Labute approximate surface area is 181 Å². The quantitative estimate of drug-likeness (QED) is 0.654. The van der Waals surface area contributed by atoms with Crippen molar-refractivity contribution in [2.45, 2.75) is 46.4 Å². The summed E-state index contributed by atoms with van der Waals surface area (Å²) in [7, 11) is 0. The van der Waals surface area contributed by atoms with E-state index in [2.05, 4.69) is 22.3 Å². The van der Waals surface area contributed by atoms with E-state index < -0.39 is 0 Å². The molecular weight excluding hydrogens is 392 g/mol. The van der Waals surface area contributed by atoms with Gasteiger partial charge in [0.1, 0.15) is 0 Å². The zero-order valence-corrected chi connectivity index (χ0v) is 17.9. The monoisotopic (exact) mass is 418 g/mol. The summed E-state index contributed by atoms with van der Waals surface area (Å²) in [6.45, 7) is 7.56. The van der Waals surface area contributed by atoms with Crippen molar-refractivity contribution in [3.63, 3.8) is 0 Å². The van der Waals surface area contributed by atoms with Crippen molar-refractivity contribution in [3.05, 3.63) is 70.3 Å². The summed E-state index contributed by atoms with van der Waals surface area (Å²) >= 11 is 0. The van der Waals surface area contributed by atoms with Gasteiger partial charge < -0.3 is 9.80 Å². The molecule has 2 aliphatic rings. The van der Waals surface area contributed by atoms with Gasteiger partial charge in [-0.25, -0.2) is 0 Å². The Morgan fingerprint density at radius 2 is 1.77 bits per heavy atom. The third-order valence-corrected chi connectivity index (χ3v) is 6.36. The van der Waals surface area contributed by atoms with Crippen molar-refractivity contribution in [3.8, 4) is 0 Å². The van der Waals surface area contributed by atoms with Gasteiger partial charge in [-0.05, 0) is 37.5 Å². The SMILES string of the molecule is CCn1ncc(C(=O)N2CCn3nc(C(=O)N4CCc5ccccc5C4)cc3C2)c1C. The van der Waals surface area contributed by atoms with Crippen LogP contribution in [0.2, 0.25) is 0 Å². The van der Waals surface area contributed by atoms with Gasteiger partial charge in [-0.3, -0.25) is 19.0 Å². The minimum absolute atomic E-state index is 0.0230. The fourth-order valence-corrected chi connectivity index (χ4v) is 4.52.